The normalized spacial score (nSPS) is 21.3. The van der Waals surface area contributed by atoms with E-state index >= 15 is 0 Å². The molecule has 2 aromatic rings. The van der Waals surface area contributed by atoms with Gasteiger partial charge in [-0.1, -0.05) is 26.0 Å². The molecule has 1 amide bonds. The molecule has 1 aliphatic heterocycles. The summed E-state index contributed by atoms with van der Waals surface area (Å²) in [5.74, 6) is 2.71. The predicted octanol–water partition coefficient (Wildman–Crippen LogP) is 4.06. The summed E-state index contributed by atoms with van der Waals surface area (Å²) in [5.41, 5.74) is 2.99. The highest BCUT2D eigenvalue weighted by molar-refractivity contribution is 5.99. The number of benzene rings is 1. The Hall–Kier alpha value is -2.34. The highest BCUT2D eigenvalue weighted by Gasteiger charge is 2.33. The van der Waals surface area contributed by atoms with Crippen LogP contribution < -0.4 is 15.5 Å². The predicted molar refractivity (Wildman–Crippen MR) is 117 cm³/mol. The van der Waals surface area contributed by atoms with Gasteiger partial charge in [0, 0.05) is 18.5 Å². The third-order valence-electron chi connectivity index (χ3n) is 6.24. The number of aryl methyl sites for hydroxylation is 1. The summed E-state index contributed by atoms with van der Waals surface area (Å²) in [6, 6.07) is 8.09. The Kier molecular flexibility index (Phi) is 5.90. The van der Waals surface area contributed by atoms with E-state index in [4.69, 9.17) is 0 Å². The van der Waals surface area contributed by atoms with Crippen LogP contribution in [0.5, 0.6) is 0 Å². The van der Waals surface area contributed by atoms with Crippen molar-refractivity contribution in [3.8, 4) is 0 Å². The largest absolute Gasteiger partial charge is 0.338 e. The molecule has 1 aromatic heterocycles. The fourth-order valence-corrected chi connectivity index (χ4v) is 4.56. The first kappa shape index (κ1) is 20.0. The van der Waals surface area contributed by atoms with Gasteiger partial charge < -0.3 is 15.5 Å². The zero-order valence-corrected chi connectivity index (χ0v) is 17.8. The van der Waals surface area contributed by atoms with E-state index in [1.807, 2.05) is 47.1 Å². The number of rotatable bonds is 5. The number of para-hydroxylation sites is 2. The zero-order valence-electron chi connectivity index (χ0n) is 17.8. The summed E-state index contributed by atoms with van der Waals surface area (Å²) < 4.78 is 1.84. The third-order valence-corrected chi connectivity index (χ3v) is 6.24. The highest BCUT2D eigenvalue weighted by Crippen LogP contribution is 2.38. The highest BCUT2D eigenvalue weighted by atomic mass is 16.2. The molecule has 6 heteroatoms. The molecule has 0 spiro atoms. The molecular formula is C23H33N5O. The van der Waals surface area contributed by atoms with Gasteiger partial charge in [-0.3, -0.25) is 9.48 Å². The van der Waals surface area contributed by atoms with E-state index in [0.29, 0.717) is 18.4 Å². The molecule has 0 radical (unpaired) electrons. The second-order valence-corrected chi connectivity index (χ2v) is 8.98. The Morgan fingerprint density at radius 1 is 1.24 bits per heavy atom. The SMILES string of the molecule is CC(C)CNCC1CCC(C(=O)N2Cc3cnn(C)c3Nc3ccccc32)CC1. The number of nitrogens with one attached hydrogen (secondary N) is 2. The first-order chi connectivity index (χ1) is 14.0. The first-order valence-electron chi connectivity index (χ1n) is 10.9. The summed E-state index contributed by atoms with van der Waals surface area (Å²) >= 11 is 0. The molecule has 29 heavy (non-hydrogen) atoms. The minimum Gasteiger partial charge on any atom is -0.338 e. The van der Waals surface area contributed by atoms with E-state index in [2.05, 4.69) is 29.6 Å². The molecule has 1 saturated carbocycles. The molecule has 0 bridgehead atoms. The van der Waals surface area contributed by atoms with Crippen LogP contribution in [0.2, 0.25) is 0 Å². The molecule has 6 nitrogen and oxygen atoms in total. The maximum atomic E-state index is 13.6. The van der Waals surface area contributed by atoms with Gasteiger partial charge in [-0.2, -0.15) is 5.10 Å². The summed E-state index contributed by atoms with van der Waals surface area (Å²) in [5, 5.41) is 11.4. The Balaban J connectivity index is 1.46. The molecule has 0 atom stereocenters. The summed E-state index contributed by atoms with van der Waals surface area (Å²) in [6.07, 6.45) is 6.10. The van der Waals surface area contributed by atoms with Crippen LogP contribution in [0.15, 0.2) is 30.5 Å². The van der Waals surface area contributed by atoms with Gasteiger partial charge >= 0.3 is 0 Å². The van der Waals surface area contributed by atoms with E-state index in [1.165, 1.54) is 0 Å². The molecule has 1 aromatic carbocycles. The Labute approximate surface area is 173 Å². The zero-order chi connectivity index (χ0) is 20.4. The van der Waals surface area contributed by atoms with Crippen LogP contribution in [0.3, 0.4) is 0 Å². The topological polar surface area (TPSA) is 62.2 Å². The standard InChI is InChI=1S/C23H33N5O/c1-16(2)12-24-13-17-8-10-18(11-9-17)23(29)28-15-19-14-25-27(3)22(19)26-20-6-4-5-7-21(20)28/h4-7,14,16-18,24,26H,8-13,15H2,1-3H3. The minimum atomic E-state index is 0.114. The number of carbonyl (C=O) groups excluding carboxylic acids is 1. The van der Waals surface area contributed by atoms with E-state index in [-0.39, 0.29) is 11.8 Å². The van der Waals surface area contributed by atoms with E-state index in [0.717, 1.165) is 61.5 Å². The van der Waals surface area contributed by atoms with Crippen molar-refractivity contribution in [3.05, 3.63) is 36.0 Å². The lowest BCUT2D eigenvalue weighted by Crippen LogP contribution is -2.38. The molecule has 4 rings (SSSR count). The van der Waals surface area contributed by atoms with Gasteiger partial charge in [0.15, 0.2) is 0 Å². The van der Waals surface area contributed by atoms with Gasteiger partial charge in [-0.25, -0.2) is 0 Å². The maximum absolute atomic E-state index is 13.6. The first-order valence-corrected chi connectivity index (χ1v) is 10.9. The lowest BCUT2D eigenvalue weighted by atomic mass is 9.81. The average molecular weight is 396 g/mol. The number of amides is 1. The van der Waals surface area contributed by atoms with Crippen molar-refractivity contribution in [3.63, 3.8) is 0 Å². The van der Waals surface area contributed by atoms with Crippen molar-refractivity contribution in [2.75, 3.05) is 23.3 Å². The Morgan fingerprint density at radius 2 is 2.00 bits per heavy atom. The van der Waals surface area contributed by atoms with Crippen molar-refractivity contribution in [2.24, 2.45) is 24.8 Å². The van der Waals surface area contributed by atoms with Gasteiger partial charge in [0.2, 0.25) is 5.91 Å². The van der Waals surface area contributed by atoms with Gasteiger partial charge in [0.05, 0.1) is 24.1 Å². The number of anilines is 3. The number of fused-ring (bicyclic) bond motifs is 2. The van der Waals surface area contributed by atoms with Crippen molar-refractivity contribution in [1.82, 2.24) is 15.1 Å². The van der Waals surface area contributed by atoms with Crippen LogP contribution in [0, 0.1) is 17.8 Å². The molecule has 2 N–H and O–H groups in total. The van der Waals surface area contributed by atoms with Crippen molar-refractivity contribution >= 4 is 23.1 Å². The molecule has 1 aliphatic carbocycles. The molecule has 1 fully saturated rings. The summed E-state index contributed by atoms with van der Waals surface area (Å²) in [6.45, 7) is 7.20. The van der Waals surface area contributed by atoms with E-state index in [9.17, 15) is 4.79 Å². The molecule has 156 valence electrons. The Bertz CT molecular complexity index is 851. The summed E-state index contributed by atoms with van der Waals surface area (Å²) in [4.78, 5) is 15.5. The van der Waals surface area contributed by atoms with Crippen LogP contribution >= 0.6 is 0 Å². The number of hydrogen-bond donors (Lipinski definition) is 2. The average Bonchev–Trinajstić information content (AvgIpc) is 2.96. The van der Waals surface area contributed by atoms with Crippen LogP contribution in [0.4, 0.5) is 17.2 Å². The molecular weight excluding hydrogens is 362 g/mol. The quantitative estimate of drug-likeness (QED) is 0.801. The molecule has 2 heterocycles. The number of nitrogens with zero attached hydrogens (tertiary/aromatic N) is 3. The van der Waals surface area contributed by atoms with Gasteiger partial charge in [-0.15, -0.1) is 0 Å². The molecule has 0 saturated heterocycles. The van der Waals surface area contributed by atoms with Crippen LogP contribution in [-0.4, -0.2) is 28.8 Å². The lowest BCUT2D eigenvalue weighted by Gasteiger charge is -2.32. The fourth-order valence-electron chi connectivity index (χ4n) is 4.56. The van der Waals surface area contributed by atoms with Crippen molar-refractivity contribution in [2.45, 2.75) is 46.1 Å². The number of aromatic nitrogens is 2. The number of carbonyl (C=O) groups is 1. The van der Waals surface area contributed by atoms with E-state index in [1.54, 1.807) is 0 Å². The smallest absolute Gasteiger partial charge is 0.230 e. The molecule has 2 aliphatic rings. The van der Waals surface area contributed by atoms with Gasteiger partial charge in [-0.05, 0) is 62.7 Å². The van der Waals surface area contributed by atoms with Crippen LogP contribution in [-0.2, 0) is 18.4 Å². The maximum Gasteiger partial charge on any atom is 0.230 e. The van der Waals surface area contributed by atoms with Crippen molar-refractivity contribution < 1.29 is 4.79 Å². The fraction of sp³-hybridized carbons (Fsp3) is 0.565. The second-order valence-electron chi connectivity index (χ2n) is 8.98. The van der Waals surface area contributed by atoms with Crippen LogP contribution in [0.25, 0.3) is 0 Å². The number of hydrogen-bond acceptors (Lipinski definition) is 4. The Morgan fingerprint density at radius 3 is 2.76 bits per heavy atom. The van der Waals surface area contributed by atoms with Gasteiger partial charge in [0.1, 0.15) is 5.82 Å². The monoisotopic (exact) mass is 395 g/mol. The minimum absolute atomic E-state index is 0.114. The summed E-state index contributed by atoms with van der Waals surface area (Å²) in [7, 11) is 1.93. The lowest BCUT2D eigenvalue weighted by molar-refractivity contribution is -0.123. The van der Waals surface area contributed by atoms with E-state index < -0.39 is 0 Å². The van der Waals surface area contributed by atoms with Crippen LogP contribution in [0.1, 0.15) is 45.1 Å². The second kappa shape index (κ2) is 8.57. The van der Waals surface area contributed by atoms with Gasteiger partial charge in [0.25, 0.3) is 0 Å². The van der Waals surface area contributed by atoms with Crippen molar-refractivity contribution in [1.29, 1.82) is 0 Å². The molecule has 0 unspecified atom stereocenters. The third kappa shape index (κ3) is 4.32.